The third kappa shape index (κ3) is 6.07. The number of hydrogen-bond acceptors (Lipinski definition) is 6. The van der Waals surface area contributed by atoms with Gasteiger partial charge in [0.25, 0.3) is 5.91 Å². The molecule has 1 N–H and O–H groups in total. The Morgan fingerprint density at radius 1 is 1.12 bits per heavy atom. The van der Waals surface area contributed by atoms with E-state index in [4.69, 9.17) is 27.9 Å². The van der Waals surface area contributed by atoms with Crippen molar-refractivity contribution < 1.29 is 14.3 Å². The maximum Gasteiger partial charge on any atom is 0.253 e. The zero-order chi connectivity index (χ0) is 24.1. The monoisotopic (exact) mass is 506 g/mol. The van der Waals surface area contributed by atoms with Crippen LogP contribution in [-0.4, -0.2) is 39.3 Å². The zero-order valence-electron chi connectivity index (χ0n) is 18.6. The summed E-state index contributed by atoms with van der Waals surface area (Å²) in [7, 11) is 3.39. The topological polar surface area (TPSA) is 86.1 Å². The number of methoxy groups -OCH3 is 1. The van der Waals surface area contributed by atoms with Gasteiger partial charge in [-0.3, -0.25) is 9.59 Å². The lowest BCUT2D eigenvalue weighted by atomic mass is 10.0. The fourth-order valence-corrected chi connectivity index (χ4v) is 4.44. The number of carbonyl (C=O) groups excluding carboxylic acids is 2. The van der Waals surface area contributed by atoms with Crippen molar-refractivity contribution >= 4 is 46.7 Å². The number of benzene rings is 2. The Morgan fingerprint density at radius 3 is 2.42 bits per heavy atom. The molecule has 7 nitrogen and oxygen atoms in total. The van der Waals surface area contributed by atoms with Crippen LogP contribution in [0.2, 0.25) is 10.0 Å². The predicted octanol–water partition coefficient (Wildman–Crippen LogP) is 5.23. The molecule has 10 heteroatoms. The van der Waals surface area contributed by atoms with Crippen LogP contribution in [0.4, 0.5) is 0 Å². The van der Waals surface area contributed by atoms with E-state index < -0.39 is 6.04 Å². The minimum absolute atomic E-state index is 0.0294. The molecule has 0 saturated heterocycles. The van der Waals surface area contributed by atoms with E-state index in [1.54, 1.807) is 48.1 Å². The molecule has 0 aliphatic heterocycles. The lowest BCUT2D eigenvalue weighted by Gasteiger charge is -2.22. The number of amides is 1. The summed E-state index contributed by atoms with van der Waals surface area (Å²) in [4.78, 5) is 25.4. The van der Waals surface area contributed by atoms with E-state index in [9.17, 15) is 9.59 Å². The number of ether oxygens (including phenoxy) is 1. The highest BCUT2D eigenvalue weighted by atomic mass is 35.5. The summed E-state index contributed by atoms with van der Waals surface area (Å²) in [6.45, 7) is 3.95. The van der Waals surface area contributed by atoms with E-state index in [0.717, 1.165) is 0 Å². The maximum absolute atomic E-state index is 12.8. The number of ketones is 1. The average molecular weight is 507 g/mol. The maximum atomic E-state index is 12.8. The largest absolute Gasteiger partial charge is 0.497 e. The summed E-state index contributed by atoms with van der Waals surface area (Å²) in [5, 5.41) is 12.8. The van der Waals surface area contributed by atoms with Crippen LogP contribution in [0.3, 0.4) is 0 Å². The third-order valence-corrected chi connectivity index (χ3v) is 6.59. The molecule has 174 valence electrons. The van der Waals surface area contributed by atoms with E-state index in [1.165, 1.54) is 17.8 Å². The number of carbonyl (C=O) groups is 2. The number of rotatable bonds is 9. The Balaban J connectivity index is 1.72. The van der Waals surface area contributed by atoms with Crippen LogP contribution in [-0.2, 0) is 7.05 Å². The first-order chi connectivity index (χ1) is 15.7. The third-order valence-electron chi connectivity index (χ3n) is 5.02. The molecule has 3 rings (SSSR count). The second-order valence-electron chi connectivity index (χ2n) is 7.66. The van der Waals surface area contributed by atoms with Gasteiger partial charge in [-0.15, -0.1) is 10.2 Å². The van der Waals surface area contributed by atoms with Gasteiger partial charge in [-0.25, -0.2) is 0 Å². The Morgan fingerprint density at radius 2 is 1.82 bits per heavy atom. The second-order valence-corrected chi connectivity index (χ2v) is 9.45. The highest BCUT2D eigenvalue weighted by Gasteiger charge is 2.26. The van der Waals surface area contributed by atoms with Crippen molar-refractivity contribution in [1.29, 1.82) is 0 Å². The van der Waals surface area contributed by atoms with Crippen LogP contribution in [0.25, 0.3) is 0 Å². The van der Waals surface area contributed by atoms with Gasteiger partial charge in [0.05, 0.1) is 29.5 Å². The molecule has 33 heavy (non-hydrogen) atoms. The summed E-state index contributed by atoms with van der Waals surface area (Å²) in [6, 6.07) is 11.3. The van der Waals surface area contributed by atoms with E-state index in [2.05, 4.69) is 15.5 Å². The van der Waals surface area contributed by atoms with Crippen molar-refractivity contribution in [3.05, 3.63) is 69.5 Å². The molecule has 0 spiro atoms. The molecule has 0 aliphatic carbocycles. The van der Waals surface area contributed by atoms with E-state index in [1.807, 2.05) is 20.9 Å². The predicted molar refractivity (Wildman–Crippen MR) is 131 cm³/mol. The summed E-state index contributed by atoms with van der Waals surface area (Å²) < 4.78 is 6.92. The number of nitrogens with one attached hydrogen (secondary N) is 1. The molecule has 0 radical (unpaired) electrons. The number of thioether (sulfide) groups is 1. The summed E-state index contributed by atoms with van der Waals surface area (Å²) in [5.74, 6) is 1.15. The van der Waals surface area contributed by atoms with Crippen molar-refractivity contribution in [3.63, 3.8) is 0 Å². The number of aromatic nitrogens is 3. The van der Waals surface area contributed by atoms with Gasteiger partial charge >= 0.3 is 0 Å². The van der Waals surface area contributed by atoms with E-state index >= 15 is 0 Å². The van der Waals surface area contributed by atoms with Crippen LogP contribution in [0, 0.1) is 5.92 Å². The summed E-state index contributed by atoms with van der Waals surface area (Å²) in [5.41, 5.74) is 0.923. The van der Waals surface area contributed by atoms with Crippen molar-refractivity contribution in [3.8, 4) is 5.75 Å². The van der Waals surface area contributed by atoms with Crippen LogP contribution in [0.5, 0.6) is 5.75 Å². The molecule has 1 aromatic heterocycles. The first-order valence-electron chi connectivity index (χ1n) is 10.2. The summed E-state index contributed by atoms with van der Waals surface area (Å²) in [6.07, 6.45) is 0. The number of hydrogen-bond donors (Lipinski definition) is 1. The second kappa shape index (κ2) is 11.0. The molecule has 0 fully saturated rings. The SMILES string of the molecule is COc1ccc(C(=O)CSc2nnc([C@@H](NC(=O)c3ccc(Cl)cc3Cl)C(C)C)n2C)cc1. The quantitative estimate of drug-likeness (QED) is 0.315. The van der Waals surface area contributed by atoms with Gasteiger partial charge in [0.15, 0.2) is 16.8 Å². The molecule has 1 atom stereocenters. The van der Waals surface area contributed by atoms with Gasteiger partial charge in [0.1, 0.15) is 5.75 Å². The number of Topliss-reactive ketones (excluding diaryl/α,β-unsaturated/α-hetero) is 1. The Hall–Kier alpha value is -2.55. The van der Waals surface area contributed by atoms with Gasteiger partial charge in [-0.2, -0.15) is 0 Å². The molecule has 0 aliphatic rings. The Bertz CT molecular complexity index is 1150. The minimum Gasteiger partial charge on any atom is -0.497 e. The van der Waals surface area contributed by atoms with E-state index in [-0.39, 0.29) is 28.4 Å². The molecule has 1 amide bonds. The first-order valence-corrected chi connectivity index (χ1v) is 11.9. The van der Waals surface area contributed by atoms with Crippen LogP contribution < -0.4 is 10.1 Å². The lowest BCUT2D eigenvalue weighted by Crippen LogP contribution is -2.33. The molecule has 1 heterocycles. The van der Waals surface area contributed by atoms with Crippen molar-refractivity contribution in [2.24, 2.45) is 13.0 Å². The fraction of sp³-hybridized carbons (Fsp3) is 0.304. The zero-order valence-corrected chi connectivity index (χ0v) is 21.0. The van der Waals surface area contributed by atoms with Crippen molar-refractivity contribution in [2.45, 2.75) is 25.0 Å². The smallest absolute Gasteiger partial charge is 0.253 e. The van der Waals surface area contributed by atoms with Gasteiger partial charge in [-0.1, -0.05) is 48.8 Å². The molecule has 0 unspecified atom stereocenters. The molecular formula is C23H24Cl2N4O3S. The molecule has 0 bridgehead atoms. The van der Waals surface area contributed by atoms with Gasteiger partial charge in [0.2, 0.25) is 0 Å². The average Bonchev–Trinajstić information content (AvgIpc) is 3.15. The Kier molecular flexibility index (Phi) is 8.40. The van der Waals surface area contributed by atoms with Gasteiger partial charge in [-0.05, 0) is 48.4 Å². The van der Waals surface area contributed by atoms with Crippen molar-refractivity contribution in [2.75, 3.05) is 12.9 Å². The summed E-state index contributed by atoms with van der Waals surface area (Å²) >= 11 is 13.4. The number of nitrogens with zero attached hydrogens (tertiary/aromatic N) is 3. The standard InChI is InChI=1S/C23H24Cl2N4O3S/c1-13(2)20(26-22(31)17-10-7-15(24)11-18(17)25)21-27-28-23(29(21)3)33-12-19(30)14-5-8-16(32-4)9-6-14/h5-11,13,20H,12H2,1-4H3,(H,26,31)/t20-/m0/s1. The fourth-order valence-electron chi connectivity index (χ4n) is 3.13. The normalized spacial score (nSPS) is 12.0. The van der Waals surface area contributed by atoms with Crippen LogP contribution in [0.15, 0.2) is 47.6 Å². The first kappa shape index (κ1) is 25.1. The van der Waals surface area contributed by atoms with Crippen molar-refractivity contribution in [1.82, 2.24) is 20.1 Å². The highest BCUT2D eigenvalue weighted by Crippen LogP contribution is 2.27. The number of halogens is 2. The highest BCUT2D eigenvalue weighted by molar-refractivity contribution is 7.99. The van der Waals surface area contributed by atoms with Gasteiger partial charge in [0, 0.05) is 17.6 Å². The minimum atomic E-state index is -0.409. The molecule has 0 saturated carbocycles. The van der Waals surface area contributed by atoms with Gasteiger partial charge < -0.3 is 14.6 Å². The lowest BCUT2D eigenvalue weighted by molar-refractivity contribution is 0.0921. The van der Waals surface area contributed by atoms with E-state index in [0.29, 0.717) is 32.9 Å². The molecular weight excluding hydrogens is 483 g/mol. The molecule has 2 aromatic carbocycles. The Labute approximate surface area is 206 Å². The van der Waals surface area contributed by atoms with Crippen LogP contribution in [0.1, 0.15) is 46.4 Å². The van der Waals surface area contributed by atoms with Crippen LogP contribution >= 0.6 is 35.0 Å². The molecule has 3 aromatic rings.